The minimum atomic E-state index is -3.54. The molecule has 1 aromatic rings. The average Bonchev–Trinajstić information content (AvgIpc) is 2.57. The molecule has 2 rings (SSSR count). The summed E-state index contributed by atoms with van der Waals surface area (Å²) in [6.45, 7) is 2.24. The molecular weight excluding hydrogens is 320 g/mol. The molecule has 0 fully saturated rings. The molecule has 24 heavy (non-hydrogen) atoms. The third kappa shape index (κ3) is 5.07. The second-order valence-corrected chi connectivity index (χ2v) is 8.16. The Hall–Kier alpha value is -1.36. The van der Waals surface area contributed by atoms with Crippen LogP contribution in [0.3, 0.4) is 0 Å². The zero-order chi connectivity index (χ0) is 17.4. The number of nitrogens with zero attached hydrogens (tertiary/aromatic N) is 2. The normalized spacial score (nSPS) is 15.9. The summed E-state index contributed by atoms with van der Waals surface area (Å²) in [7, 11) is -1.64. The van der Waals surface area contributed by atoms with Crippen molar-refractivity contribution in [3.63, 3.8) is 0 Å². The Bertz CT molecular complexity index is 653. The maximum Gasteiger partial charge on any atom is 0.286 e. The van der Waals surface area contributed by atoms with Crippen LogP contribution >= 0.6 is 0 Å². The van der Waals surface area contributed by atoms with Gasteiger partial charge >= 0.3 is 0 Å². The lowest BCUT2D eigenvalue weighted by Crippen LogP contribution is -2.32. The van der Waals surface area contributed by atoms with Gasteiger partial charge < -0.3 is 4.90 Å². The van der Waals surface area contributed by atoms with Crippen molar-refractivity contribution in [2.24, 2.45) is 4.40 Å². The Morgan fingerprint density at radius 1 is 0.917 bits per heavy atom. The van der Waals surface area contributed by atoms with Crippen LogP contribution in [-0.2, 0) is 10.0 Å². The average molecular weight is 351 g/mol. The number of para-hydroxylation sites is 1. The van der Waals surface area contributed by atoms with Gasteiger partial charge in [-0.25, -0.2) is 0 Å². The third-order valence-corrected chi connectivity index (χ3v) is 5.97. The fraction of sp³-hybridized carbons (Fsp3) is 0.632. The summed E-state index contributed by atoms with van der Waals surface area (Å²) in [4.78, 5) is 2.23. The predicted octanol–water partition coefficient (Wildman–Crippen LogP) is 5.14. The Kier molecular flexibility index (Phi) is 7.28. The summed E-state index contributed by atoms with van der Waals surface area (Å²) in [5.41, 5.74) is 0.735. The van der Waals surface area contributed by atoms with E-state index in [4.69, 9.17) is 0 Å². The highest BCUT2D eigenvalue weighted by atomic mass is 32.2. The molecule has 0 aliphatic carbocycles. The summed E-state index contributed by atoms with van der Waals surface area (Å²) in [6, 6.07) is 7.08. The highest BCUT2D eigenvalue weighted by Gasteiger charge is 2.27. The third-order valence-electron chi connectivity index (χ3n) is 4.62. The van der Waals surface area contributed by atoms with Crippen LogP contribution in [0.1, 0.15) is 71.1 Å². The summed E-state index contributed by atoms with van der Waals surface area (Å²) in [5.74, 6) is 0.664. The number of rotatable bonds is 10. The molecule has 5 heteroatoms. The van der Waals surface area contributed by atoms with Gasteiger partial charge in [0, 0.05) is 13.5 Å². The van der Waals surface area contributed by atoms with Crippen molar-refractivity contribution in [1.29, 1.82) is 0 Å². The Balaban J connectivity index is 1.77. The van der Waals surface area contributed by atoms with E-state index in [1.165, 1.54) is 44.9 Å². The molecule has 1 aromatic carbocycles. The fourth-order valence-corrected chi connectivity index (χ4v) is 4.46. The van der Waals surface area contributed by atoms with E-state index in [2.05, 4.69) is 11.3 Å². The molecule has 0 N–H and O–H groups in total. The van der Waals surface area contributed by atoms with Crippen LogP contribution in [0.4, 0.5) is 5.69 Å². The number of fused-ring (bicyclic) bond motifs is 1. The predicted molar refractivity (Wildman–Crippen MR) is 101 cm³/mol. The van der Waals surface area contributed by atoms with Gasteiger partial charge in [0.15, 0.2) is 0 Å². The SMILES string of the molecule is CCCCCCCCCCCC1=NS(=O)(=O)c2ccccc2N1C. The second kappa shape index (κ2) is 9.21. The Morgan fingerprint density at radius 3 is 2.17 bits per heavy atom. The Labute approximate surface area is 147 Å². The van der Waals surface area contributed by atoms with Gasteiger partial charge in [-0.1, -0.05) is 70.4 Å². The van der Waals surface area contributed by atoms with Crippen LogP contribution in [-0.4, -0.2) is 21.3 Å². The monoisotopic (exact) mass is 350 g/mol. The van der Waals surface area contributed by atoms with Gasteiger partial charge in [-0.05, 0) is 18.6 Å². The molecule has 0 saturated heterocycles. The minimum Gasteiger partial charge on any atom is -0.331 e. The first-order valence-corrected chi connectivity index (χ1v) is 10.7. The van der Waals surface area contributed by atoms with Gasteiger partial charge in [0.05, 0.1) is 5.69 Å². The van der Waals surface area contributed by atoms with E-state index >= 15 is 0 Å². The molecule has 0 aromatic heterocycles. The van der Waals surface area contributed by atoms with Gasteiger partial charge in [-0.3, -0.25) is 0 Å². The molecule has 0 unspecified atom stereocenters. The largest absolute Gasteiger partial charge is 0.331 e. The van der Waals surface area contributed by atoms with Crippen LogP contribution < -0.4 is 4.90 Å². The van der Waals surface area contributed by atoms with Gasteiger partial charge in [0.2, 0.25) is 0 Å². The van der Waals surface area contributed by atoms with E-state index in [0.717, 1.165) is 24.9 Å². The molecule has 0 radical (unpaired) electrons. The molecule has 0 spiro atoms. The molecule has 0 amide bonds. The number of hydrogen-bond donors (Lipinski definition) is 0. The summed E-state index contributed by atoms with van der Waals surface area (Å²) >= 11 is 0. The van der Waals surface area contributed by atoms with Crippen molar-refractivity contribution in [3.8, 4) is 0 Å². The number of unbranched alkanes of at least 4 members (excludes halogenated alkanes) is 8. The maximum absolute atomic E-state index is 12.3. The van der Waals surface area contributed by atoms with Crippen LogP contribution in [0.5, 0.6) is 0 Å². The smallest absolute Gasteiger partial charge is 0.286 e. The standard InChI is InChI=1S/C19H30N2O2S/c1-3-4-5-6-7-8-9-10-11-16-19-20-24(22,23)18-15-13-12-14-17(18)21(19)2/h12-15H,3-11,16H2,1-2H3. The maximum atomic E-state index is 12.3. The number of sulfonamides is 1. The molecule has 0 atom stereocenters. The number of anilines is 1. The summed E-state index contributed by atoms with van der Waals surface area (Å²) < 4.78 is 28.6. The van der Waals surface area contributed by atoms with Gasteiger partial charge in [0.25, 0.3) is 10.0 Å². The van der Waals surface area contributed by atoms with E-state index < -0.39 is 10.0 Å². The van der Waals surface area contributed by atoms with Gasteiger partial charge in [-0.2, -0.15) is 8.42 Å². The van der Waals surface area contributed by atoms with E-state index in [1.54, 1.807) is 12.1 Å². The van der Waals surface area contributed by atoms with Crippen molar-refractivity contribution < 1.29 is 8.42 Å². The van der Waals surface area contributed by atoms with Crippen molar-refractivity contribution in [1.82, 2.24) is 0 Å². The molecule has 1 aliphatic rings. The van der Waals surface area contributed by atoms with E-state index in [1.807, 2.05) is 24.1 Å². The van der Waals surface area contributed by atoms with Gasteiger partial charge in [0.1, 0.15) is 10.7 Å². The highest BCUT2D eigenvalue weighted by Crippen LogP contribution is 2.31. The fourth-order valence-electron chi connectivity index (χ4n) is 3.15. The van der Waals surface area contributed by atoms with E-state index in [9.17, 15) is 8.42 Å². The molecule has 1 heterocycles. The molecule has 1 aliphatic heterocycles. The van der Waals surface area contributed by atoms with Crippen molar-refractivity contribution in [3.05, 3.63) is 24.3 Å². The van der Waals surface area contributed by atoms with Crippen LogP contribution in [0, 0.1) is 0 Å². The van der Waals surface area contributed by atoms with Crippen LogP contribution in [0.2, 0.25) is 0 Å². The highest BCUT2D eigenvalue weighted by molar-refractivity contribution is 7.90. The topological polar surface area (TPSA) is 49.7 Å². The first kappa shape index (κ1) is 19.0. The lowest BCUT2D eigenvalue weighted by Gasteiger charge is -2.27. The summed E-state index contributed by atoms with van der Waals surface area (Å²) in [5, 5.41) is 0. The van der Waals surface area contributed by atoms with E-state index in [-0.39, 0.29) is 0 Å². The van der Waals surface area contributed by atoms with Gasteiger partial charge in [-0.15, -0.1) is 4.40 Å². The summed E-state index contributed by atoms with van der Waals surface area (Å²) in [6.07, 6.45) is 12.0. The van der Waals surface area contributed by atoms with Crippen LogP contribution in [0.25, 0.3) is 0 Å². The van der Waals surface area contributed by atoms with Crippen LogP contribution in [0.15, 0.2) is 33.6 Å². The Morgan fingerprint density at radius 2 is 1.50 bits per heavy atom. The molecule has 4 nitrogen and oxygen atoms in total. The van der Waals surface area contributed by atoms with E-state index in [0.29, 0.717) is 10.7 Å². The lowest BCUT2D eigenvalue weighted by molar-refractivity contribution is 0.567. The first-order chi connectivity index (χ1) is 11.6. The molecule has 0 saturated carbocycles. The zero-order valence-corrected chi connectivity index (χ0v) is 15.8. The number of amidine groups is 1. The lowest BCUT2D eigenvalue weighted by atomic mass is 10.1. The number of hydrogen-bond acceptors (Lipinski definition) is 3. The quantitative estimate of drug-likeness (QED) is 0.549. The zero-order valence-electron chi connectivity index (χ0n) is 15.0. The van der Waals surface area contributed by atoms with Crippen molar-refractivity contribution in [2.45, 2.75) is 76.0 Å². The minimum absolute atomic E-state index is 0.309. The second-order valence-electron chi connectivity index (χ2n) is 6.59. The molecule has 0 bridgehead atoms. The molecular formula is C19H30N2O2S. The number of benzene rings is 1. The van der Waals surface area contributed by atoms with Crippen molar-refractivity contribution >= 4 is 21.5 Å². The van der Waals surface area contributed by atoms with Crippen molar-refractivity contribution in [2.75, 3.05) is 11.9 Å². The molecule has 134 valence electrons. The first-order valence-electron chi connectivity index (χ1n) is 9.23.